The number of ether oxygens (including phenoxy) is 2. The fraction of sp³-hybridized carbons (Fsp3) is 0.364. The Kier molecular flexibility index (Phi) is 6.30. The molecule has 3 aromatic rings. The van der Waals surface area contributed by atoms with Crippen LogP contribution in [0, 0.1) is 0 Å². The first kappa shape index (κ1) is 20.6. The van der Waals surface area contributed by atoms with Gasteiger partial charge in [0.1, 0.15) is 12.1 Å². The van der Waals surface area contributed by atoms with Crippen LogP contribution in [0.5, 0.6) is 11.5 Å². The zero-order valence-electron chi connectivity index (χ0n) is 17.7. The minimum Gasteiger partial charge on any atom is -0.493 e. The predicted molar refractivity (Wildman–Crippen MR) is 116 cm³/mol. The van der Waals surface area contributed by atoms with Crippen LogP contribution in [0.15, 0.2) is 49.2 Å². The first-order chi connectivity index (χ1) is 15.2. The van der Waals surface area contributed by atoms with Crippen molar-refractivity contribution in [2.24, 2.45) is 0 Å². The summed E-state index contributed by atoms with van der Waals surface area (Å²) < 4.78 is 12.4. The van der Waals surface area contributed by atoms with Crippen LogP contribution in [0.25, 0.3) is 5.95 Å². The fourth-order valence-corrected chi connectivity index (χ4v) is 3.83. The normalized spacial score (nSPS) is 15.7. The lowest BCUT2D eigenvalue weighted by atomic mass is 10.1. The lowest BCUT2D eigenvalue weighted by Gasteiger charge is -2.25. The van der Waals surface area contributed by atoms with Gasteiger partial charge in [0.25, 0.3) is 0 Å². The molecule has 1 N–H and O–H groups in total. The third kappa shape index (κ3) is 4.76. The van der Waals surface area contributed by atoms with Crippen molar-refractivity contribution < 1.29 is 14.3 Å². The van der Waals surface area contributed by atoms with E-state index in [1.165, 1.54) is 0 Å². The summed E-state index contributed by atoms with van der Waals surface area (Å²) in [6.45, 7) is 1.30. The number of anilines is 1. The number of benzene rings is 1. The van der Waals surface area contributed by atoms with Crippen LogP contribution in [0.2, 0.25) is 0 Å². The van der Waals surface area contributed by atoms with Crippen LogP contribution in [-0.4, -0.2) is 52.2 Å². The molecule has 1 fully saturated rings. The van der Waals surface area contributed by atoms with E-state index in [0.717, 1.165) is 30.8 Å². The number of carbonyl (C=O) groups is 1. The van der Waals surface area contributed by atoms with Gasteiger partial charge in [-0.3, -0.25) is 9.36 Å². The van der Waals surface area contributed by atoms with Crippen LogP contribution < -0.4 is 19.7 Å². The topological polar surface area (TPSA) is 94.4 Å². The second kappa shape index (κ2) is 9.46. The van der Waals surface area contributed by atoms with Gasteiger partial charge in [0.15, 0.2) is 11.5 Å². The molecule has 1 amide bonds. The Morgan fingerprint density at radius 2 is 2.06 bits per heavy atom. The van der Waals surface area contributed by atoms with Gasteiger partial charge in [-0.2, -0.15) is 4.98 Å². The third-order valence-corrected chi connectivity index (χ3v) is 5.39. The van der Waals surface area contributed by atoms with Crippen LogP contribution in [0.3, 0.4) is 0 Å². The molecule has 3 heterocycles. The highest BCUT2D eigenvalue weighted by atomic mass is 16.5. The Balaban J connectivity index is 1.38. The molecule has 9 heteroatoms. The molecule has 162 valence electrons. The predicted octanol–water partition coefficient (Wildman–Crippen LogP) is 2.35. The lowest BCUT2D eigenvalue weighted by Crippen LogP contribution is -2.35. The monoisotopic (exact) mass is 422 g/mol. The molecular weight excluding hydrogens is 396 g/mol. The van der Waals surface area contributed by atoms with Crippen molar-refractivity contribution in [1.82, 2.24) is 24.8 Å². The lowest BCUT2D eigenvalue weighted by molar-refractivity contribution is -0.121. The Bertz CT molecular complexity index is 1020. The largest absolute Gasteiger partial charge is 0.493 e. The Labute approximate surface area is 181 Å². The molecule has 1 aliphatic heterocycles. The van der Waals surface area contributed by atoms with E-state index >= 15 is 0 Å². The average Bonchev–Trinajstić information content (AvgIpc) is 3.50. The maximum absolute atomic E-state index is 12.6. The summed E-state index contributed by atoms with van der Waals surface area (Å²) in [5.74, 6) is 2.72. The minimum absolute atomic E-state index is 0.00979. The Morgan fingerprint density at radius 1 is 1.19 bits per heavy atom. The van der Waals surface area contributed by atoms with Crippen LogP contribution in [0.1, 0.15) is 24.8 Å². The number of hydrogen-bond acceptors (Lipinski definition) is 7. The van der Waals surface area contributed by atoms with Crippen LogP contribution in [-0.2, 0) is 11.3 Å². The molecule has 1 atom stereocenters. The molecule has 1 aliphatic rings. The average molecular weight is 422 g/mol. The summed E-state index contributed by atoms with van der Waals surface area (Å²) >= 11 is 0. The van der Waals surface area contributed by atoms with E-state index in [-0.39, 0.29) is 11.9 Å². The van der Waals surface area contributed by atoms with E-state index in [2.05, 4.69) is 25.2 Å². The zero-order valence-corrected chi connectivity index (χ0v) is 17.7. The van der Waals surface area contributed by atoms with Gasteiger partial charge in [-0.15, -0.1) is 0 Å². The van der Waals surface area contributed by atoms with Crippen molar-refractivity contribution >= 4 is 11.7 Å². The molecule has 0 spiro atoms. The molecule has 1 aromatic carbocycles. The van der Waals surface area contributed by atoms with Crippen molar-refractivity contribution in [2.75, 3.05) is 25.7 Å². The van der Waals surface area contributed by atoms with Gasteiger partial charge >= 0.3 is 0 Å². The van der Waals surface area contributed by atoms with E-state index in [4.69, 9.17) is 9.47 Å². The molecule has 0 unspecified atom stereocenters. The first-order valence-electron chi connectivity index (χ1n) is 10.2. The molecule has 0 radical (unpaired) electrons. The highest BCUT2D eigenvalue weighted by Gasteiger charge is 2.28. The van der Waals surface area contributed by atoms with Crippen LogP contribution in [0.4, 0.5) is 5.82 Å². The van der Waals surface area contributed by atoms with Crippen molar-refractivity contribution in [3.05, 3.63) is 54.7 Å². The van der Waals surface area contributed by atoms with Gasteiger partial charge in [-0.05, 0) is 36.6 Å². The maximum Gasteiger partial charge on any atom is 0.236 e. The SMILES string of the molecule is COc1ccc(CNC(=O)C[C@H]2CCCN2c2ccnc(-n3ccnc3)n2)cc1OC. The Hall–Kier alpha value is -3.62. The van der Waals surface area contributed by atoms with Crippen molar-refractivity contribution in [3.8, 4) is 17.4 Å². The van der Waals surface area contributed by atoms with Gasteiger partial charge in [-0.25, -0.2) is 9.97 Å². The van der Waals surface area contributed by atoms with E-state index in [1.54, 1.807) is 37.5 Å². The van der Waals surface area contributed by atoms with Gasteiger partial charge < -0.3 is 19.7 Å². The minimum atomic E-state index is 0.00979. The number of amides is 1. The summed E-state index contributed by atoms with van der Waals surface area (Å²) in [5.41, 5.74) is 0.954. The molecule has 0 saturated carbocycles. The second-order valence-corrected chi connectivity index (χ2v) is 7.34. The van der Waals surface area contributed by atoms with Crippen molar-refractivity contribution in [1.29, 1.82) is 0 Å². The third-order valence-electron chi connectivity index (χ3n) is 5.39. The number of nitrogens with zero attached hydrogens (tertiary/aromatic N) is 5. The summed E-state index contributed by atoms with van der Waals surface area (Å²) in [5, 5.41) is 3.01. The molecule has 2 aromatic heterocycles. The number of nitrogens with one attached hydrogen (secondary N) is 1. The maximum atomic E-state index is 12.6. The van der Waals surface area contributed by atoms with Crippen molar-refractivity contribution in [3.63, 3.8) is 0 Å². The number of aromatic nitrogens is 4. The van der Waals surface area contributed by atoms with Gasteiger partial charge in [-0.1, -0.05) is 6.07 Å². The molecule has 0 bridgehead atoms. The zero-order chi connectivity index (χ0) is 21.6. The van der Waals surface area contributed by atoms with Crippen molar-refractivity contribution in [2.45, 2.75) is 31.8 Å². The number of carbonyl (C=O) groups excluding carboxylic acids is 1. The number of imidazole rings is 1. The second-order valence-electron chi connectivity index (χ2n) is 7.34. The fourth-order valence-electron chi connectivity index (χ4n) is 3.83. The highest BCUT2D eigenvalue weighted by Crippen LogP contribution is 2.28. The smallest absolute Gasteiger partial charge is 0.236 e. The molecule has 4 rings (SSSR count). The molecular formula is C22H26N6O3. The molecule has 31 heavy (non-hydrogen) atoms. The highest BCUT2D eigenvalue weighted by molar-refractivity contribution is 5.77. The standard InChI is InChI=1S/C22H26N6O3/c1-30-18-6-5-16(12-19(18)31-2)14-25-21(29)13-17-4-3-10-28(17)20-7-8-24-22(26-20)27-11-9-23-15-27/h5-9,11-12,15,17H,3-4,10,13-14H2,1-2H3,(H,25,29)/t17-/m1/s1. The molecule has 0 aliphatic carbocycles. The van der Waals surface area contributed by atoms with E-state index in [0.29, 0.717) is 30.4 Å². The van der Waals surface area contributed by atoms with Gasteiger partial charge in [0.2, 0.25) is 11.9 Å². The summed E-state index contributed by atoms with van der Waals surface area (Å²) in [6, 6.07) is 7.63. The summed E-state index contributed by atoms with van der Waals surface area (Å²) in [7, 11) is 3.20. The summed E-state index contributed by atoms with van der Waals surface area (Å²) in [6.07, 6.45) is 9.30. The molecule has 9 nitrogen and oxygen atoms in total. The van der Waals surface area contributed by atoms with Gasteiger partial charge in [0, 0.05) is 44.1 Å². The van der Waals surface area contributed by atoms with E-state index < -0.39 is 0 Å². The van der Waals surface area contributed by atoms with E-state index in [9.17, 15) is 4.79 Å². The number of methoxy groups -OCH3 is 2. The number of hydrogen-bond donors (Lipinski definition) is 1. The molecule has 1 saturated heterocycles. The Morgan fingerprint density at radius 3 is 2.84 bits per heavy atom. The van der Waals surface area contributed by atoms with Crippen LogP contribution >= 0.6 is 0 Å². The van der Waals surface area contributed by atoms with Gasteiger partial charge in [0.05, 0.1) is 14.2 Å². The quantitative estimate of drug-likeness (QED) is 0.595. The first-order valence-corrected chi connectivity index (χ1v) is 10.2. The van der Waals surface area contributed by atoms with E-state index in [1.807, 2.05) is 30.5 Å². The summed E-state index contributed by atoms with van der Waals surface area (Å²) in [4.78, 5) is 27.9. The number of rotatable bonds is 8.